The van der Waals surface area contributed by atoms with E-state index in [1.807, 2.05) is 6.92 Å². The van der Waals surface area contributed by atoms with Crippen molar-refractivity contribution in [3.8, 4) is 0 Å². The second-order valence-electron chi connectivity index (χ2n) is 3.52. The summed E-state index contributed by atoms with van der Waals surface area (Å²) in [6, 6.07) is 0.930. The fraction of sp³-hybridized carbons (Fsp3) is 1.00. The maximum Gasteiger partial charge on any atom is 0.0552 e. The molecule has 0 heterocycles. The number of hydrogen-bond donors (Lipinski definition) is 2. The van der Waals surface area contributed by atoms with E-state index in [9.17, 15) is 5.11 Å². The number of rotatable bonds is 5. The Kier molecular flexibility index (Phi) is 5.51. The van der Waals surface area contributed by atoms with Gasteiger partial charge in [-0.1, -0.05) is 20.8 Å². The first-order valence-corrected chi connectivity index (χ1v) is 4.50. The Balaban J connectivity index is 3.43. The standard InChI is InChI=1S/C9H21NO/c1-5-9(11)6-8(4)10-7(2)3/h7-11H,5-6H2,1-4H3. The summed E-state index contributed by atoms with van der Waals surface area (Å²) in [4.78, 5) is 0. The zero-order valence-electron chi connectivity index (χ0n) is 8.09. The van der Waals surface area contributed by atoms with Crippen LogP contribution in [-0.2, 0) is 0 Å². The van der Waals surface area contributed by atoms with Crippen LogP contribution >= 0.6 is 0 Å². The Morgan fingerprint density at radius 1 is 1.27 bits per heavy atom. The third kappa shape index (κ3) is 6.32. The number of aliphatic hydroxyl groups is 1. The van der Waals surface area contributed by atoms with Gasteiger partial charge in [-0.3, -0.25) is 0 Å². The minimum Gasteiger partial charge on any atom is -0.393 e. The van der Waals surface area contributed by atoms with Crippen molar-refractivity contribution < 1.29 is 5.11 Å². The zero-order valence-corrected chi connectivity index (χ0v) is 8.09. The summed E-state index contributed by atoms with van der Waals surface area (Å²) in [7, 11) is 0. The quantitative estimate of drug-likeness (QED) is 0.637. The second-order valence-corrected chi connectivity index (χ2v) is 3.52. The Bertz CT molecular complexity index is 93.6. The molecule has 68 valence electrons. The third-order valence-electron chi connectivity index (χ3n) is 1.71. The molecule has 2 heteroatoms. The highest BCUT2D eigenvalue weighted by atomic mass is 16.3. The molecule has 2 atom stereocenters. The van der Waals surface area contributed by atoms with Gasteiger partial charge < -0.3 is 10.4 Å². The molecule has 0 amide bonds. The molecule has 0 fully saturated rings. The molecule has 0 aromatic carbocycles. The summed E-state index contributed by atoms with van der Waals surface area (Å²) in [5.41, 5.74) is 0. The zero-order chi connectivity index (χ0) is 8.85. The largest absolute Gasteiger partial charge is 0.393 e. The predicted octanol–water partition coefficient (Wildman–Crippen LogP) is 1.53. The lowest BCUT2D eigenvalue weighted by Gasteiger charge is -2.19. The average Bonchev–Trinajstić information content (AvgIpc) is 1.85. The minimum absolute atomic E-state index is 0.142. The van der Waals surface area contributed by atoms with Gasteiger partial charge >= 0.3 is 0 Å². The molecule has 0 saturated carbocycles. The van der Waals surface area contributed by atoms with E-state index in [1.54, 1.807) is 0 Å². The average molecular weight is 159 g/mol. The summed E-state index contributed by atoms with van der Waals surface area (Å²) in [6.45, 7) is 8.36. The maximum absolute atomic E-state index is 9.30. The van der Waals surface area contributed by atoms with E-state index in [-0.39, 0.29) is 6.10 Å². The highest BCUT2D eigenvalue weighted by Gasteiger charge is 2.08. The van der Waals surface area contributed by atoms with E-state index in [2.05, 4.69) is 26.1 Å². The van der Waals surface area contributed by atoms with E-state index in [1.165, 1.54) is 0 Å². The van der Waals surface area contributed by atoms with Gasteiger partial charge in [0.2, 0.25) is 0 Å². The smallest absolute Gasteiger partial charge is 0.0552 e. The highest BCUT2D eigenvalue weighted by molar-refractivity contribution is 4.67. The molecule has 0 aliphatic carbocycles. The molecule has 11 heavy (non-hydrogen) atoms. The van der Waals surface area contributed by atoms with Crippen LogP contribution in [0.2, 0.25) is 0 Å². The van der Waals surface area contributed by atoms with Crippen molar-refractivity contribution in [2.75, 3.05) is 0 Å². The van der Waals surface area contributed by atoms with Crippen LogP contribution in [0.5, 0.6) is 0 Å². The highest BCUT2D eigenvalue weighted by Crippen LogP contribution is 2.01. The molecule has 0 aliphatic heterocycles. The molecule has 0 aromatic rings. The molecule has 0 saturated heterocycles. The van der Waals surface area contributed by atoms with Crippen LogP contribution in [-0.4, -0.2) is 23.3 Å². The van der Waals surface area contributed by atoms with Gasteiger partial charge in [0.1, 0.15) is 0 Å². The van der Waals surface area contributed by atoms with Crippen LogP contribution in [0, 0.1) is 0 Å². The summed E-state index contributed by atoms with van der Waals surface area (Å²) in [5, 5.41) is 12.6. The van der Waals surface area contributed by atoms with Crippen LogP contribution in [0.4, 0.5) is 0 Å². The van der Waals surface area contributed by atoms with Crippen molar-refractivity contribution in [3.05, 3.63) is 0 Å². The molecule has 0 aromatic heterocycles. The van der Waals surface area contributed by atoms with Crippen molar-refractivity contribution in [1.82, 2.24) is 5.32 Å². The summed E-state index contributed by atoms with van der Waals surface area (Å²) in [5.74, 6) is 0. The molecule has 2 nitrogen and oxygen atoms in total. The minimum atomic E-state index is -0.142. The topological polar surface area (TPSA) is 32.3 Å². The Labute approximate surface area is 70.0 Å². The van der Waals surface area contributed by atoms with Crippen molar-refractivity contribution in [3.63, 3.8) is 0 Å². The van der Waals surface area contributed by atoms with Gasteiger partial charge in [-0.2, -0.15) is 0 Å². The molecule has 0 rings (SSSR count). The van der Waals surface area contributed by atoms with Crippen molar-refractivity contribution in [2.45, 2.75) is 58.7 Å². The molecular weight excluding hydrogens is 138 g/mol. The lowest BCUT2D eigenvalue weighted by atomic mass is 10.1. The Morgan fingerprint density at radius 2 is 1.82 bits per heavy atom. The van der Waals surface area contributed by atoms with Gasteiger partial charge in [0.05, 0.1) is 6.10 Å². The van der Waals surface area contributed by atoms with Crippen molar-refractivity contribution in [2.24, 2.45) is 0 Å². The lowest BCUT2D eigenvalue weighted by Crippen LogP contribution is -2.34. The number of hydrogen-bond acceptors (Lipinski definition) is 2. The SMILES string of the molecule is CCC(O)CC(C)NC(C)C. The fourth-order valence-corrected chi connectivity index (χ4v) is 1.21. The number of aliphatic hydroxyl groups excluding tert-OH is 1. The van der Waals surface area contributed by atoms with Gasteiger partial charge in [0.25, 0.3) is 0 Å². The Hall–Kier alpha value is -0.0800. The van der Waals surface area contributed by atoms with Crippen molar-refractivity contribution in [1.29, 1.82) is 0 Å². The van der Waals surface area contributed by atoms with Gasteiger partial charge in [0, 0.05) is 12.1 Å². The van der Waals surface area contributed by atoms with E-state index in [0.717, 1.165) is 12.8 Å². The van der Waals surface area contributed by atoms with Gasteiger partial charge in [-0.25, -0.2) is 0 Å². The molecule has 0 radical (unpaired) electrons. The molecular formula is C9H21NO. The van der Waals surface area contributed by atoms with E-state index < -0.39 is 0 Å². The first kappa shape index (κ1) is 10.9. The second kappa shape index (κ2) is 5.56. The van der Waals surface area contributed by atoms with Gasteiger partial charge in [-0.05, 0) is 19.8 Å². The first-order valence-electron chi connectivity index (χ1n) is 4.50. The lowest BCUT2D eigenvalue weighted by molar-refractivity contribution is 0.146. The molecule has 0 bridgehead atoms. The summed E-state index contributed by atoms with van der Waals surface area (Å²) >= 11 is 0. The molecule has 0 aliphatic rings. The fourth-order valence-electron chi connectivity index (χ4n) is 1.21. The third-order valence-corrected chi connectivity index (χ3v) is 1.71. The van der Waals surface area contributed by atoms with E-state index in [4.69, 9.17) is 0 Å². The van der Waals surface area contributed by atoms with Crippen molar-refractivity contribution >= 4 is 0 Å². The molecule has 2 N–H and O–H groups in total. The predicted molar refractivity (Wildman–Crippen MR) is 48.6 cm³/mol. The maximum atomic E-state index is 9.30. The van der Waals surface area contributed by atoms with Gasteiger partial charge in [0.15, 0.2) is 0 Å². The monoisotopic (exact) mass is 159 g/mol. The Morgan fingerprint density at radius 3 is 2.18 bits per heavy atom. The van der Waals surface area contributed by atoms with Crippen LogP contribution in [0.1, 0.15) is 40.5 Å². The van der Waals surface area contributed by atoms with Crippen LogP contribution in [0.25, 0.3) is 0 Å². The molecule has 0 spiro atoms. The van der Waals surface area contributed by atoms with E-state index in [0.29, 0.717) is 12.1 Å². The molecule has 2 unspecified atom stereocenters. The van der Waals surface area contributed by atoms with Gasteiger partial charge in [-0.15, -0.1) is 0 Å². The van der Waals surface area contributed by atoms with E-state index >= 15 is 0 Å². The summed E-state index contributed by atoms with van der Waals surface area (Å²) < 4.78 is 0. The first-order chi connectivity index (χ1) is 5.06. The number of nitrogens with one attached hydrogen (secondary N) is 1. The van der Waals surface area contributed by atoms with Crippen LogP contribution in [0.3, 0.4) is 0 Å². The summed E-state index contributed by atoms with van der Waals surface area (Å²) in [6.07, 6.45) is 1.56. The van der Waals surface area contributed by atoms with Crippen LogP contribution < -0.4 is 5.32 Å². The van der Waals surface area contributed by atoms with Crippen LogP contribution in [0.15, 0.2) is 0 Å². The normalized spacial score (nSPS) is 16.9.